The predicted molar refractivity (Wildman–Crippen MR) is 50.4 cm³/mol. The Balaban J connectivity index is 2.85. The maximum Gasteiger partial charge on any atom is 0.315 e. The average molecular weight is 237 g/mol. The van der Waals surface area contributed by atoms with E-state index in [1.54, 1.807) is 0 Å². The number of hydrogen-bond acceptors (Lipinski definition) is 3. The molecule has 1 N–H and O–H groups in total. The van der Waals surface area contributed by atoms with E-state index in [2.05, 4.69) is 4.98 Å². The SMILES string of the molecule is COc1cc(NC(=O)C(F)F)cc(Cl)n1. The molecule has 1 aromatic rings. The van der Waals surface area contributed by atoms with Crippen molar-refractivity contribution < 1.29 is 18.3 Å². The molecule has 1 amide bonds. The van der Waals surface area contributed by atoms with Crippen LogP contribution in [-0.2, 0) is 4.79 Å². The third-order valence-electron chi connectivity index (χ3n) is 1.45. The Hall–Kier alpha value is -1.43. The van der Waals surface area contributed by atoms with Gasteiger partial charge in [0, 0.05) is 11.8 Å². The summed E-state index contributed by atoms with van der Waals surface area (Å²) < 4.78 is 28.6. The lowest BCUT2D eigenvalue weighted by atomic mass is 10.4. The van der Waals surface area contributed by atoms with Crippen LogP contribution >= 0.6 is 11.6 Å². The number of hydrogen-bond donors (Lipinski definition) is 1. The minimum atomic E-state index is -3.08. The van der Waals surface area contributed by atoms with E-state index in [1.165, 1.54) is 19.2 Å². The molecular weight excluding hydrogens is 230 g/mol. The summed E-state index contributed by atoms with van der Waals surface area (Å²) in [6.45, 7) is 0. The predicted octanol–water partition coefficient (Wildman–Crippen LogP) is 1.95. The summed E-state index contributed by atoms with van der Waals surface area (Å²) >= 11 is 5.56. The van der Waals surface area contributed by atoms with Gasteiger partial charge in [-0.3, -0.25) is 4.79 Å². The monoisotopic (exact) mass is 236 g/mol. The number of nitrogens with zero attached hydrogens (tertiary/aromatic N) is 1. The summed E-state index contributed by atoms with van der Waals surface area (Å²) in [7, 11) is 1.34. The van der Waals surface area contributed by atoms with Gasteiger partial charge in [0.2, 0.25) is 5.88 Å². The van der Waals surface area contributed by atoms with E-state index in [9.17, 15) is 13.6 Å². The minimum Gasteiger partial charge on any atom is -0.481 e. The highest BCUT2D eigenvalue weighted by Crippen LogP contribution is 2.20. The van der Waals surface area contributed by atoms with E-state index in [4.69, 9.17) is 16.3 Å². The van der Waals surface area contributed by atoms with Gasteiger partial charge in [0.05, 0.1) is 7.11 Å². The van der Waals surface area contributed by atoms with Crippen LogP contribution in [-0.4, -0.2) is 24.4 Å². The van der Waals surface area contributed by atoms with Crippen molar-refractivity contribution in [1.82, 2.24) is 4.98 Å². The zero-order valence-corrected chi connectivity index (χ0v) is 8.39. The summed E-state index contributed by atoms with van der Waals surface area (Å²) in [5.41, 5.74) is 0.108. The van der Waals surface area contributed by atoms with Crippen molar-refractivity contribution in [2.24, 2.45) is 0 Å². The number of pyridine rings is 1. The molecule has 0 radical (unpaired) electrons. The highest BCUT2D eigenvalue weighted by Gasteiger charge is 2.15. The molecule has 0 saturated carbocycles. The molecular formula is C8H7ClF2N2O2. The molecule has 1 heterocycles. The first-order chi connectivity index (χ1) is 7.02. The number of amides is 1. The molecule has 0 aromatic carbocycles. The lowest BCUT2D eigenvalue weighted by molar-refractivity contribution is -0.126. The van der Waals surface area contributed by atoms with Crippen LogP contribution in [0.2, 0.25) is 5.15 Å². The molecule has 0 atom stereocenters. The van der Waals surface area contributed by atoms with E-state index in [0.717, 1.165) is 0 Å². The Morgan fingerprint density at radius 1 is 1.60 bits per heavy atom. The van der Waals surface area contributed by atoms with E-state index >= 15 is 0 Å². The zero-order valence-electron chi connectivity index (χ0n) is 7.63. The zero-order chi connectivity index (χ0) is 11.4. The Bertz CT molecular complexity index is 374. The molecule has 0 fully saturated rings. The van der Waals surface area contributed by atoms with E-state index < -0.39 is 12.3 Å². The summed E-state index contributed by atoms with van der Waals surface area (Å²) in [5.74, 6) is -1.27. The largest absolute Gasteiger partial charge is 0.481 e. The van der Waals surface area contributed by atoms with Gasteiger partial charge in [0.15, 0.2) is 0 Å². The third-order valence-corrected chi connectivity index (χ3v) is 1.64. The number of alkyl halides is 2. The minimum absolute atomic E-state index is 0.0407. The number of carbonyl (C=O) groups excluding carboxylic acids is 1. The Kier molecular flexibility index (Phi) is 3.79. The van der Waals surface area contributed by atoms with Gasteiger partial charge in [-0.1, -0.05) is 11.6 Å². The molecule has 82 valence electrons. The second-order valence-corrected chi connectivity index (χ2v) is 2.90. The normalized spacial score (nSPS) is 10.2. The van der Waals surface area contributed by atoms with Gasteiger partial charge in [-0.05, 0) is 6.07 Å². The molecule has 0 aliphatic carbocycles. The van der Waals surface area contributed by atoms with Crippen LogP contribution in [0.4, 0.5) is 14.5 Å². The summed E-state index contributed by atoms with van der Waals surface area (Å²) in [5, 5.41) is 2.00. The van der Waals surface area contributed by atoms with Crippen molar-refractivity contribution in [1.29, 1.82) is 0 Å². The molecule has 0 aliphatic rings. The fraction of sp³-hybridized carbons (Fsp3) is 0.250. The third kappa shape index (κ3) is 3.32. The van der Waals surface area contributed by atoms with Gasteiger partial charge in [-0.25, -0.2) is 4.98 Å². The number of halogens is 3. The molecule has 1 aromatic heterocycles. The van der Waals surface area contributed by atoms with Gasteiger partial charge in [-0.2, -0.15) is 8.78 Å². The fourth-order valence-corrected chi connectivity index (χ4v) is 1.05. The Labute approximate surface area is 89.2 Å². The number of aromatic nitrogens is 1. The van der Waals surface area contributed by atoms with E-state index in [1.807, 2.05) is 5.32 Å². The first-order valence-electron chi connectivity index (χ1n) is 3.83. The van der Waals surface area contributed by atoms with Crippen molar-refractivity contribution >= 4 is 23.2 Å². The van der Waals surface area contributed by atoms with Crippen LogP contribution in [0, 0.1) is 0 Å². The highest BCUT2D eigenvalue weighted by atomic mass is 35.5. The first kappa shape index (κ1) is 11.6. The van der Waals surface area contributed by atoms with Crippen LogP contribution in [0.5, 0.6) is 5.88 Å². The van der Waals surface area contributed by atoms with E-state index in [0.29, 0.717) is 0 Å². The van der Waals surface area contributed by atoms with Crippen molar-refractivity contribution in [2.45, 2.75) is 6.43 Å². The molecule has 0 spiro atoms. The lowest BCUT2D eigenvalue weighted by Crippen LogP contribution is -2.20. The summed E-state index contributed by atoms with van der Waals surface area (Å²) in [6, 6.07) is 2.52. The average Bonchev–Trinajstić information content (AvgIpc) is 2.16. The van der Waals surface area contributed by atoms with Gasteiger partial charge in [-0.15, -0.1) is 0 Å². The lowest BCUT2D eigenvalue weighted by Gasteiger charge is -2.06. The van der Waals surface area contributed by atoms with Crippen molar-refractivity contribution in [3.05, 3.63) is 17.3 Å². The van der Waals surface area contributed by atoms with Crippen LogP contribution in [0.3, 0.4) is 0 Å². The second kappa shape index (κ2) is 4.88. The quantitative estimate of drug-likeness (QED) is 0.816. The first-order valence-corrected chi connectivity index (χ1v) is 4.21. The fourth-order valence-electron chi connectivity index (χ4n) is 0.846. The number of methoxy groups -OCH3 is 1. The van der Waals surface area contributed by atoms with Gasteiger partial charge in [0.1, 0.15) is 5.15 Å². The molecule has 0 unspecified atom stereocenters. The number of anilines is 1. The molecule has 7 heteroatoms. The molecule has 4 nitrogen and oxygen atoms in total. The summed E-state index contributed by atoms with van der Waals surface area (Å²) in [6.07, 6.45) is -3.08. The number of nitrogens with one attached hydrogen (secondary N) is 1. The topological polar surface area (TPSA) is 51.2 Å². The highest BCUT2D eigenvalue weighted by molar-refractivity contribution is 6.29. The smallest absolute Gasteiger partial charge is 0.315 e. The Morgan fingerprint density at radius 3 is 2.80 bits per heavy atom. The van der Waals surface area contributed by atoms with Gasteiger partial charge in [0.25, 0.3) is 5.91 Å². The standard InChI is InChI=1S/C8H7ClF2N2O2/c1-15-6-3-4(2-5(9)13-6)12-8(14)7(10)11/h2-3,7H,1H3,(H,12,13,14). The van der Waals surface area contributed by atoms with E-state index in [-0.39, 0.29) is 16.7 Å². The van der Waals surface area contributed by atoms with Gasteiger partial charge < -0.3 is 10.1 Å². The maximum absolute atomic E-state index is 11.9. The second-order valence-electron chi connectivity index (χ2n) is 2.51. The van der Waals surface area contributed by atoms with Crippen molar-refractivity contribution in [3.63, 3.8) is 0 Å². The van der Waals surface area contributed by atoms with Gasteiger partial charge >= 0.3 is 6.43 Å². The van der Waals surface area contributed by atoms with Crippen LogP contribution < -0.4 is 10.1 Å². The number of ether oxygens (including phenoxy) is 1. The number of carbonyl (C=O) groups is 1. The number of rotatable bonds is 3. The maximum atomic E-state index is 11.9. The molecule has 0 saturated heterocycles. The molecule has 0 aliphatic heterocycles. The molecule has 1 rings (SSSR count). The van der Waals surface area contributed by atoms with Crippen LogP contribution in [0.15, 0.2) is 12.1 Å². The van der Waals surface area contributed by atoms with Crippen molar-refractivity contribution in [3.8, 4) is 5.88 Å². The molecule has 15 heavy (non-hydrogen) atoms. The van der Waals surface area contributed by atoms with Crippen molar-refractivity contribution in [2.75, 3.05) is 12.4 Å². The van der Waals surface area contributed by atoms with Crippen LogP contribution in [0.1, 0.15) is 0 Å². The summed E-state index contributed by atoms with van der Waals surface area (Å²) in [4.78, 5) is 14.4. The van der Waals surface area contributed by atoms with Crippen LogP contribution in [0.25, 0.3) is 0 Å². The Morgan fingerprint density at radius 2 is 2.27 bits per heavy atom. The molecule has 0 bridgehead atoms.